The molecule has 2 aromatic rings. The summed E-state index contributed by atoms with van der Waals surface area (Å²) in [5.41, 5.74) is 2.61. The van der Waals surface area contributed by atoms with Crippen LogP contribution in [-0.4, -0.2) is 11.5 Å². The first-order valence-electron chi connectivity index (χ1n) is 7.93. The standard InChI is InChI=1S/C18H26N2S/c1-4-5-11-19-13-16-18(14(2)3)20-17(21-16)12-15-9-7-6-8-10-15/h6-10,14,19H,4-5,11-13H2,1-3H3. The van der Waals surface area contributed by atoms with Crippen molar-refractivity contribution in [1.29, 1.82) is 0 Å². The van der Waals surface area contributed by atoms with E-state index >= 15 is 0 Å². The maximum absolute atomic E-state index is 4.88. The molecule has 0 bridgehead atoms. The number of nitrogens with one attached hydrogen (secondary N) is 1. The maximum Gasteiger partial charge on any atom is 0.0975 e. The van der Waals surface area contributed by atoms with Gasteiger partial charge in [0.15, 0.2) is 0 Å². The summed E-state index contributed by atoms with van der Waals surface area (Å²) in [5, 5.41) is 4.78. The molecule has 1 aromatic carbocycles. The molecule has 21 heavy (non-hydrogen) atoms. The van der Waals surface area contributed by atoms with Crippen LogP contribution in [0.4, 0.5) is 0 Å². The van der Waals surface area contributed by atoms with E-state index in [1.165, 1.54) is 34.0 Å². The Hall–Kier alpha value is -1.19. The van der Waals surface area contributed by atoms with Crippen LogP contribution in [0.5, 0.6) is 0 Å². The van der Waals surface area contributed by atoms with Gasteiger partial charge in [-0.05, 0) is 24.4 Å². The van der Waals surface area contributed by atoms with E-state index in [9.17, 15) is 0 Å². The third-order valence-corrected chi connectivity index (χ3v) is 4.58. The summed E-state index contributed by atoms with van der Waals surface area (Å²) in [5.74, 6) is 0.494. The summed E-state index contributed by atoms with van der Waals surface area (Å²) in [6.07, 6.45) is 3.43. The molecule has 0 saturated carbocycles. The highest BCUT2D eigenvalue weighted by molar-refractivity contribution is 7.11. The first kappa shape index (κ1) is 16.2. The molecule has 0 aliphatic heterocycles. The van der Waals surface area contributed by atoms with Crippen molar-refractivity contribution in [2.75, 3.05) is 6.54 Å². The van der Waals surface area contributed by atoms with Crippen LogP contribution in [0.1, 0.15) is 60.7 Å². The fourth-order valence-electron chi connectivity index (χ4n) is 2.34. The zero-order chi connectivity index (χ0) is 15.1. The molecule has 0 aliphatic carbocycles. The van der Waals surface area contributed by atoms with Gasteiger partial charge in [-0.25, -0.2) is 4.98 Å². The highest BCUT2D eigenvalue weighted by atomic mass is 32.1. The van der Waals surface area contributed by atoms with Crippen LogP contribution in [0.3, 0.4) is 0 Å². The minimum Gasteiger partial charge on any atom is -0.312 e. The van der Waals surface area contributed by atoms with Crippen molar-refractivity contribution >= 4 is 11.3 Å². The lowest BCUT2D eigenvalue weighted by molar-refractivity contribution is 0.639. The molecular formula is C18H26N2S. The molecule has 2 nitrogen and oxygen atoms in total. The Morgan fingerprint density at radius 2 is 1.95 bits per heavy atom. The van der Waals surface area contributed by atoms with Gasteiger partial charge >= 0.3 is 0 Å². The quantitative estimate of drug-likeness (QED) is 0.712. The summed E-state index contributed by atoms with van der Waals surface area (Å²) in [6, 6.07) is 10.6. The van der Waals surface area contributed by atoms with E-state index in [0.29, 0.717) is 5.92 Å². The monoisotopic (exact) mass is 302 g/mol. The average molecular weight is 302 g/mol. The first-order chi connectivity index (χ1) is 10.2. The van der Waals surface area contributed by atoms with E-state index in [1.54, 1.807) is 0 Å². The summed E-state index contributed by atoms with van der Waals surface area (Å²) >= 11 is 1.87. The second-order valence-electron chi connectivity index (χ2n) is 5.76. The van der Waals surface area contributed by atoms with E-state index in [-0.39, 0.29) is 0 Å². The molecule has 1 aromatic heterocycles. The second-order valence-corrected chi connectivity index (χ2v) is 6.93. The Balaban J connectivity index is 2.05. The number of hydrogen-bond acceptors (Lipinski definition) is 3. The lowest BCUT2D eigenvalue weighted by atomic mass is 10.1. The predicted molar refractivity (Wildman–Crippen MR) is 92.1 cm³/mol. The number of hydrogen-bond donors (Lipinski definition) is 1. The molecular weight excluding hydrogens is 276 g/mol. The third-order valence-electron chi connectivity index (χ3n) is 3.51. The molecule has 0 spiro atoms. The third kappa shape index (κ3) is 4.94. The Morgan fingerprint density at radius 1 is 1.19 bits per heavy atom. The van der Waals surface area contributed by atoms with Gasteiger partial charge in [0, 0.05) is 17.8 Å². The highest BCUT2D eigenvalue weighted by Gasteiger charge is 2.14. The van der Waals surface area contributed by atoms with Crippen LogP contribution >= 0.6 is 11.3 Å². The molecule has 0 fully saturated rings. The van der Waals surface area contributed by atoms with Gasteiger partial charge in [0.25, 0.3) is 0 Å². The van der Waals surface area contributed by atoms with Crippen LogP contribution in [0, 0.1) is 0 Å². The van der Waals surface area contributed by atoms with Crippen LogP contribution in [-0.2, 0) is 13.0 Å². The predicted octanol–water partition coefficient (Wildman–Crippen LogP) is 4.75. The first-order valence-corrected chi connectivity index (χ1v) is 8.75. The highest BCUT2D eigenvalue weighted by Crippen LogP contribution is 2.26. The summed E-state index contributed by atoms with van der Waals surface area (Å²) < 4.78 is 0. The Morgan fingerprint density at radius 3 is 2.62 bits per heavy atom. The number of nitrogens with zero attached hydrogens (tertiary/aromatic N) is 1. The fraction of sp³-hybridized carbons (Fsp3) is 0.500. The number of thiazole rings is 1. The van der Waals surface area contributed by atoms with Crippen molar-refractivity contribution in [1.82, 2.24) is 10.3 Å². The molecule has 0 aliphatic rings. The van der Waals surface area contributed by atoms with Crippen molar-refractivity contribution in [3.05, 3.63) is 51.5 Å². The average Bonchev–Trinajstić information content (AvgIpc) is 2.88. The smallest absolute Gasteiger partial charge is 0.0975 e. The Bertz CT molecular complexity index is 531. The van der Waals surface area contributed by atoms with Gasteiger partial charge in [-0.1, -0.05) is 57.5 Å². The normalized spacial score (nSPS) is 11.2. The second kappa shape index (κ2) is 8.30. The van der Waals surface area contributed by atoms with Crippen LogP contribution in [0.15, 0.2) is 30.3 Å². The zero-order valence-corrected chi connectivity index (χ0v) is 14.2. The van der Waals surface area contributed by atoms with Gasteiger partial charge in [0.1, 0.15) is 0 Å². The van der Waals surface area contributed by atoms with Crippen LogP contribution < -0.4 is 5.32 Å². The summed E-state index contributed by atoms with van der Waals surface area (Å²) in [4.78, 5) is 6.29. The lowest BCUT2D eigenvalue weighted by Crippen LogP contribution is -2.14. The minimum absolute atomic E-state index is 0.494. The lowest BCUT2D eigenvalue weighted by Gasteiger charge is -2.06. The van der Waals surface area contributed by atoms with E-state index in [4.69, 9.17) is 4.98 Å². The van der Waals surface area contributed by atoms with Crippen molar-refractivity contribution in [2.45, 2.75) is 52.5 Å². The topological polar surface area (TPSA) is 24.9 Å². The van der Waals surface area contributed by atoms with Crippen molar-refractivity contribution < 1.29 is 0 Å². The largest absolute Gasteiger partial charge is 0.312 e. The Kier molecular flexibility index (Phi) is 6.40. The van der Waals surface area contributed by atoms with Gasteiger partial charge in [0.05, 0.1) is 10.7 Å². The molecule has 0 amide bonds. The summed E-state index contributed by atoms with van der Waals surface area (Å²) in [6.45, 7) is 8.75. The van der Waals surface area contributed by atoms with Gasteiger partial charge in [-0.3, -0.25) is 0 Å². The molecule has 114 valence electrons. The van der Waals surface area contributed by atoms with Gasteiger partial charge in [-0.2, -0.15) is 0 Å². The number of unbranched alkanes of at least 4 members (excludes halogenated alkanes) is 1. The molecule has 0 saturated heterocycles. The van der Waals surface area contributed by atoms with Gasteiger partial charge < -0.3 is 5.32 Å². The molecule has 0 unspecified atom stereocenters. The van der Waals surface area contributed by atoms with E-state index in [2.05, 4.69) is 56.4 Å². The van der Waals surface area contributed by atoms with Crippen molar-refractivity contribution in [2.24, 2.45) is 0 Å². The van der Waals surface area contributed by atoms with Gasteiger partial charge in [0.2, 0.25) is 0 Å². The molecule has 0 radical (unpaired) electrons. The Labute approximate surface area is 132 Å². The zero-order valence-electron chi connectivity index (χ0n) is 13.4. The maximum atomic E-state index is 4.88. The SMILES string of the molecule is CCCCNCc1sc(Cc2ccccc2)nc1C(C)C. The van der Waals surface area contributed by atoms with E-state index in [1.807, 2.05) is 11.3 Å². The fourth-order valence-corrected chi connectivity index (χ4v) is 3.57. The van der Waals surface area contributed by atoms with Crippen molar-refractivity contribution in [3.63, 3.8) is 0 Å². The van der Waals surface area contributed by atoms with Crippen LogP contribution in [0.25, 0.3) is 0 Å². The van der Waals surface area contributed by atoms with E-state index < -0.39 is 0 Å². The molecule has 2 rings (SSSR count). The van der Waals surface area contributed by atoms with E-state index in [0.717, 1.165) is 19.5 Å². The minimum atomic E-state index is 0.494. The number of benzene rings is 1. The molecule has 3 heteroatoms. The molecule has 1 heterocycles. The van der Waals surface area contributed by atoms with Gasteiger partial charge in [-0.15, -0.1) is 11.3 Å². The molecule has 0 atom stereocenters. The van der Waals surface area contributed by atoms with Crippen LogP contribution in [0.2, 0.25) is 0 Å². The van der Waals surface area contributed by atoms with Crippen molar-refractivity contribution in [3.8, 4) is 0 Å². The molecule has 1 N–H and O–H groups in total. The summed E-state index contributed by atoms with van der Waals surface area (Å²) in [7, 11) is 0. The number of rotatable bonds is 8. The number of aromatic nitrogens is 1.